The minimum Gasteiger partial charge on any atom is -0.494 e. The topological polar surface area (TPSA) is 40.2 Å². The van der Waals surface area contributed by atoms with Crippen LogP contribution in [0.2, 0.25) is 0 Å². The van der Waals surface area contributed by atoms with Gasteiger partial charge >= 0.3 is 0 Å². The van der Waals surface area contributed by atoms with Gasteiger partial charge in [0.1, 0.15) is 5.75 Å². The van der Waals surface area contributed by atoms with Crippen molar-refractivity contribution in [2.75, 3.05) is 12.3 Å². The fourth-order valence-electron chi connectivity index (χ4n) is 2.63. The van der Waals surface area contributed by atoms with Gasteiger partial charge in [-0.05, 0) is 55.1 Å². The summed E-state index contributed by atoms with van der Waals surface area (Å²) in [5.74, 6) is 0.904. The zero-order valence-corrected chi connectivity index (χ0v) is 12.5. The molecule has 2 aromatic carbocycles. The second-order valence-corrected chi connectivity index (χ2v) is 5.31. The molecule has 0 bridgehead atoms. The molecule has 0 fully saturated rings. The maximum absolute atomic E-state index is 5.92. The first-order valence-electron chi connectivity index (χ1n) is 7.24. The van der Waals surface area contributed by atoms with E-state index in [1.165, 1.54) is 16.5 Å². The summed E-state index contributed by atoms with van der Waals surface area (Å²) < 4.78 is 7.94. The van der Waals surface area contributed by atoms with Gasteiger partial charge in [-0.3, -0.25) is 0 Å². The monoisotopic (exact) mass is 280 g/mol. The molecule has 0 unspecified atom stereocenters. The number of nitrogen functional groups attached to an aromatic ring is 1. The summed E-state index contributed by atoms with van der Waals surface area (Å²) in [6.07, 6.45) is 2.11. The minimum absolute atomic E-state index is 0.655. The van der Waals surface area contributed by atoms with E-state index < -0.39 is 0 Å². The Kier molecular flexibility index (Phi) is 3.57. The fraction of sp³-hybridized carbons (Fsp3) is 0.222. The summed E-state index contributed by atoms with van der Waals surface area (Å²) in [4.78, 5) is 0. The van der Waals surface area contributed by atoms with Gasteiger partial charge in [0.05, 0.1) is 13.2 Å². The highest BCUT2D eigenvalue weighted by Gasteiger charge is 2.07. The molecule has 3 rings (SSSR count). The van der Waals surface area contributed by atoms with Crippen LogP contribution in [0.4, 0.5) is 5.69 Å². The number of nitrogens with zero attached hydrogens (tertiary/aromatic N) is 1. The Labute approximate surface area is 125 Å². The molecule has 0 radical (unpaired) electrons. The maximum atomic E-state index is 5.92. The van der Waals surface area contributed by atoms with E-state index >= 15 is 0 Å². The molecule has 1 heterocycles. The summed E-state index contributed by atoms with van der Waals surface area (Å²) in [5, 5.41) is 1.25. The second-order valence-electron chi connectivity index (χ2n) is 5.31. The fourth-order valence-corrected chi connectivity index (χ4v) is 2.63. The Hall–Kier alpha value is -2.42. The first-order valence-corrected chi connectivity index (χ1v) is 7.24. The molecule has 0 atom stereocenters. The molecule has 1 aromatic heterocycles. The van der Waals surface area contributed by atoms with Crippen LogP contribution in [0.5, 0.6) is 5.75 Å². The summed E-state index contributed by atoms with van der Waals surface area (Å²) in [6.45, 7) is 5.52. The number of ether oxygens (including phenoxy) is 1. The van der Waals surface area contributed by atoms with Gasteiger partial charge in [0.25, 0.3) is 0 Å². The maximum Gasteiger partial charge on any atom is 0.124 e. The number of nitrogens with two attached hydrogens (primary N) is 1. The molecule has 108 valence electrons. The zero-order valence-electron chi connectivity index (χ0n) is 12.5. The standard InChI is InChI=1S/C18H20N2O/c1-3-21-18-7-6-16(19)11-15(18)12-20-9-8-14-5-4-13(2)10-17(14)20/h4-11H,3,12,19H2,1-2H3. The highest BCUT2D eigenvalue weighted by atomic mass is 16.5. The van der Waals surface area contributed by atoms with Crippen molar-refractivity contribution in [1.82, 2.24) is 4.57 Å². The van der Waals surface area contributed by atoms with Crippen LogP contribution >= 0.6 is 0 Å². The lowest BCUT2D eigenvalue weighted by atomic mass is 10.1. The number of aromatic nitrogens is 1. The van der Waals surface area contributed by atoms with Crippen LogP contribution < -0.4 is 10.5 Å². The highest BCUT2D eigenvalue weighted by Crippen LogP contribution is 2.25. The van der Waals surface area contributed by atoms with Crippen molar-refractivity contribution in [2.45, 2.75) is 20.4 Å². The molecule has 0 aliphatic rings. The van der Waals surface area contributed by atoms with Gasteiger partial charge in [-0.2, -0.15) is 0 Å². The first kappa shape index (κ1) is 13.6. The summed E-state index contributed by atoms with van der Waals surface area (Å²) in [5.41, 5.74) is 10.3. The van der Waals surface area contributed by atoms with E-state index in [9.17, 15) is 0 Å². The molecule has 21 heavy (non-hydrogen) atoms. The second kappa shape index (κ2) is 5.52. The Morgan fingerprint density at radius 1 is 1.10 bits per heavy atom. The van der Waals surface area contributed by atoms with Crippen molar-refractivity contribution in [3.63, 3.8) is 0 Å². The highest BCUT2D eigenvalue weighted by molar-refractivity contribution is 5.81. The van der Waals surface area contributed by atoms with E-state index in [1.54, 1.807) is 0 Å². The third kappa shape index (κ3) is 2.72. The normalized spacial score (nSPS) is 11.0. The lowest BCUT2D eigenvalue weighted by molar-refractivity contribution is 0.336. The number of hydrogen-bond donors (Lipinski definition) is 1. The number of aryl methyl sites for hydroxylation is 1. The first-order chi connectivity index (χ1) is 10.2. The van der Waals surface area contributed by atoms with Crippen LogP contribution in [-0.2, 0) is 6.54 Å². The van der Waals surface area contributed by atoms with Crippen molar-refractivity contribution < 1.29 is 4.74 Å². The number of hydrogen-bond acceptors (Lipinski definition) is 2. The van der Waals surface area contributed by atoms with Gasteiger partial charge < -0.3 is 15.0 Å². The SMILES string of the molecule is CCOc1ccc(N)cc1Cn1ccc2ccc(C)cc21. The van der Waals surface area contributed by atoms with E-state index in [-0.39, 0.29) is 0 Å². The molecule has 0 aliphatic carbocycles. The van der Waals surface area contributed by atoms with Gasteiger partial charge in [0.15, 0.2) is 0 Å². The van der Waals surface area contributed by atoms with Crippen molar-refractivity contribution in [3.8, 4) is 5.75 Å². The predicted molar refractivity (Wildman–Crippen MR) is 87.8 cm³/mol. The van der Waals surface area contributed by atoms with E-state index in [1.807, 2.05) is 25.1 Å². The lowest BCUT2D eigenvalue weighted by Crippen LogP contribution is -2.03. The van der Waals surface area contributed by atoms with Gasteiger partial charge in [-0.25, -0.2) is 0 Å². The molecule has 0 spiro atoms. The molecular formula is C18H20N2O. The predicted octanol–water partition coefficient (Wildman–Crippen LogP) is 3.98. The Balaban J connectivity index is 2.02. The summed E-state index contributed by atoms with van der Waals surface area (Å²) in [7, 11) is 0. The van der Waals surface area contributed by atoms with Crippen molar-refractivity contribution in [3.05, 3.63) is 59.8 Å². The van der Waals surface area contributed by atoms with Crippen molar-refractivity contribution in [1.29, 1.82) is 0 Å². The van der Waals surface area contributed by atoms with Crippen molar-refractivity contribution >= 4 is 16.6 Å². The number of rotatable bonds is 4. The van der Waals surface area contributed by atoms with Gasteiger partial charge in [-0.1, -0.05) is 12.1 Å². The third-order valence-electron chi connectivity index (χ3n) is 3.65. The van der Waals surface area contributed by atoms with Crippen LogP contribution in [0.25, 0.3) is 10.9 Å². The smallest absolute Gasteiger partial charge is 0.124 e. The van der Waals surface area contributed by atoms with E-state index in [0.29, 0.717) is 6.61 Å². The van der Waals surface area contributed by atoms with E-state index in [0.717, 1.165) is 23.5 Å². The lowest BCUT2D eigenvalue weighted by Gasteiger charge is -2.13. The minimum atomic E-state index is 0.655. The molecular weight excluding hydrogens is 260 g/mol. The third-order valence-corrected chi connectivity index (χ3v) is 3.65. The van der Waals surface area contributed by atoms with Crippen LogP contribution in [0, 0.1) is 6.92 Å². The molecule has 3 aromatic rings. The summed E-state index contributed by atoms with van der Waals surface area (Å²) >= 11 is 0. The molecule has 0 aliphatic heterocycles. The van der Waals surface area contributed by atoms with Crippen molar-refractivity contribution in [2.24, 2.45) is 0 Å². The number of anilines is 1. The van der Waals surface area contributed by atoms with Gasteiger partial charge in [0, 0.05) is 23.0 Å². The largest absolute Gasteiger partial charge is 0.494 e. The molecule has 3 nitrogen and oxygen atoms in total. The molecule has 2 N–H and O–H groups in total. The van der Waals surface area contributed by atoms with Crippen LogP contribution in [-0.4, -0.2) is 11.2 Å². The quantitative estimate of drug-likeness (QED) is 0.734. The number of benzene rings is 2. The Morgan fingerprint density at radius 2 is 1.95 bits per heavy atom. The molecule has 0 amide bonds. The molecule has 0 saturated heterocycles. The van der Waals surface area contributed by atoms with E-state index in [4.69, 9.17) is 10.5 Å². The molecule has 3 heteroatoms. The van der Waals surface area contributed by atoms with Crippen LogP contribution in [0.15, 0.2) is 48.7 Å². The number of fused-ring (bicyclic) bond motifs is 1. The average molecular weight is 280 g/mol. The van der Waals surface area contributed by atoms with Crippen LogP contribution in [0.1, 0.15) is 18.1 Å². The van der Waals surface area contributed by atoms with Gasteiger partial charge in [0.2, 0.25) is 0 Å². The van der Waals surface area contributed by atoms with E-state index in [2.05, 4.69) is 42.0 Å². The zero-order chi connectivity index (χ0) is 14.8. The molecule has 0 saturated carbocycles. The Morgan fingerprint density at radius 3 is 2.76 bits per heavy atom. The van der Waals surface area contributed by atoms with Crippen LogP contribution in [0.3, 0.4) is 0 Å². The Bertz CT molecular complexity index is 774. The average Bonchev–Trinajstić information content (AvgIpc) is 2.84. The summed E-state index contributed by atoms with van der Waals surface area (Å²) in [6, 6.07) is 14.5. The van der Waals surface area contributed by atoms with Gasteiger partial charge in [-0.15, -0.1) is 0 Å².